The Labute approximate surface area is 135 Å². The van der Waals surface area contributed by atoms with Crippen LogP contribution in [0.4, 0.5) is 4.79 Å². The van der Waals surface area contributed by atoms with Gasteiger partial charge in [-0.15, -0.1) is 0 Å². The molecule has 1 rings (SSSR count). The van der Waals surface area contributed by atoms with Gasteiger partial charge in [-0.05, 0) is 38.8 Å². The average molecular weight is 321 g/mol. The van der Waals surface area contributed by atoms with Crippen LogP contribution in [0.2, 0.25) is 0 Å². The number of amides is 1. The maximum atomic E-state index is 11.9. The number of hydrogen-bond acceptors (Lipinski definition) is 4. The Morgan fingerprint density at radius 2 is 1.87 bits per heavy atom. The monoisotopic (exact) mass is 321 g/mol. The Morgan fingerprint density at radius 1 is 1.26 bits per heavy atom. The van der Waals surface area contributed by atoms with Crippen LogP contribution in [0.1, 0.15) is 26.3 Å². The Balaban J connectivity index is 2.83. The fourth-order valence-electron chi connectivity index (χ4n) is 1.90. The Morgan fingerprint density at radius 3 is 2.39 bits per heavy atom. The number of hydrogen-bond donors (Lipinski definition) is 3. The molecule has 126 valence electrons. The van der Waals surface area contributed by atoms with Crippen molar-refractivity contribution in [2.45, 2.75) is 44.9 Å². The quantitative estimate of drug-likeness (QED) is 0.698. The zero-order chi connectivity index (χ0) is 17.5. The first-order valence-electron chi connectivity index (χ1n) is 7.30. The molecule has 0 heterocycles. The maximum absolute atomic E-state index is 11.9. The minimum absolute atomic E-state index is 0.339. The Kier molecular flexibility index (Phi) is 6.78. The van der Waals surface area contributed by atoms with Crippen molar-refractivity contribution in [1.82, 2.24) is 5.32 Å². The summed E-state index contributed by atoms with van der Waals surface area (Å²) >= 11 is 0. The zero-order valence-corrected chi connectivity index (χ0v) is 13.5. The summed E-state index contributed by atoms with van der Waals surface area (Å²) in [7, 11) is 0. The second-order valence-corrected chi connectivity index (χ2v) is 6.13. The molecule has 1 aromatic carbocycles. The summed E-state index contributed by atoms with van der Waals surface area (Å²) in [5, 5.41) is 21.4. The molecule has 0 bridgehead atoms. The van der Waals surface area contributed by atoms with Gasteiger partial charge in [0.1, 0.15) is 5.60 Å². The lowest BCUT2D eigenvalue weighted by Crippen LogP contribution is -2.46. The van der Waals surface area contributed by atoms with E-state index >= 15 is 0 Å². The highest BCUT2D eigenvalue weighted by Gasteiger charge is 2.23. The van der Waals surface area contributed by atoms with E-state index in [2.05, 4.69) is 5.32 Å². The van der Waals surface area contributed by atoms with Crippen LogP contribution in [0.25, 0.3) is 0 Å². The van der Waals surface area contributed by atoms with Gasteiger partial charge >= 0.3 is 12.1 Å². The van der Waals surface area contributed by atoms with Gasteiger partial charge in [0.25, 0.3) is 0 Å². The molecule has 0 radical (unpaired) electrons. The maximum Gasteiger partial charge on any atom is 0.407 e. The normalized spacial score (nSPS) is 14.3. The van der Waals surface area contributed by atoms with E-state index in [4.69, 9.17) is 9.84 Å². The summed E-state index contributed by atoms with van der Waals surface area (Å²) in [6.45, 7) is 5.21. The fourth-order valence-corrected chi connectivity index (χ4v) is 1.90. The number of aliphatic hydroxyl groups excluding tert-OH is 1. The SMILES string of the molecule is CC(C)(C)OC(=O)NC(Cc1ccccc1)C(O)/C=C/C(=O)O. The number of ether oxygens (including phenoxy) is 1. The molecule has 2 atom stereocenters. The molecule has 0 aliphatic heterocycles. The smallest absolute Gasteiger partial charge is 0.407 e. The third-order valence-electron chi connectivity index (χ3n) is 2.85. The summed E-state index contributed by atoms with van der Waals surface area (Å²) in [4.78, 5) is 22.5. The van der Waals surface area contributed by atoms with E-state index in [9.17, 15) is 14.7 Å². The topological polar surface area (TPSA) is 95.9 Å². The highest BCUT2D eigenvalue weighted by Crippen LogP contribution is 2.11. The number of rotatable bonds is 6. The van der Waals surface area contributed by atoms with E-state index in [0.29, 0.717) is 6.42 Å². The van der Waals surface area contributed by atoms with Crippen molar-refractivity contribution < 1.29 is 24.5 Å². The highest BCUT2D eigenvalue weighted by atomic mass is 16.6. The fraction of sp³-hybridized carbons (Fsp3) is 0.412. The van der Waals surface area contributed by atoms with Crippen LogP contribution in [0.3, 0.4) is 0 Å². The lowest BCUT2D eigenvalue weighted by atomic mass is 10.0. The predicted molar refractivity (Wildman–Crippen MR) is 86.1 cm³/mol. The van der Waals surface area contributed by atoms with Crippen molar-refractivity contribution in [1.29, 1.82) is 0 Å². The molecule has 0 aromatic heterocycles. The lowest BCUT2D eigenvalue weighted by molar-refractivity contribution is -0.131. The van der Waals surface area contributed by atoms with Crippen LogP contribution in [0, 0.1) is 0 Å². The second-order valence-electron chi connectivity index (χ2n) is 6.13. The summed E-state index contributed by atoms with van der Waals surface area (Å²) < 4.78 is 5.18. The predicted octanol–water partition coefficient (Wildman–Crippen LogP) is 2.12. The number of carbonyl (C=O) groups excluding carboxylic acids is 1. The van der Waals surface area contributed by atoms with Gasteiger partial charge in [-0.1, -0.05) is 30.3 Å². The van der Waals surface area contributed by atoms with Gasteiger partial charge in [0.15, 0.2) is 0 Å². The molecule has 0 saturated carbocycles. The zero-order valence-electron chi connectivity index (χ0n) is 13.5. The van der Waals surface area contributed by atoms with E-state index in [-0.39, 0.29) is 0 Å². The van der Waals surface area contributed by atoms with Crippen LogP contribution in [0.15, 0.2) is 42.5 Å². The van der Waals surface area contributed by atoms with Gasteiger partial charge in [0.05, 0.1) is 12.1 Å². The number of carbonyl (C=O) groups is 2. The molecule has 0 saturated heterocycles. The largest absolute Gasteiger partial charge is 0.478 e. The van der Waals surface area contributed by atoms with E-state index in [1.807, 2.05) is 30.3 Å². The molecule has 23 heavy (non-hydrogen) atoms. The molecule has 1 amide bonds. The van der Waals surface area contributed by atoms with Crippen molar-refractivity contribution in [3.8, 4) is 0 Å². The summed E-state index contributed by atoms with van der Waals surface area (Å²) in [6.07, 6.45) is 0.498. The first-order valence-corrected chi connectivity index (χ1v) is 7.30. The van der Waals surface area contributed by atoms with Gasteiger partial charge in [-0.3, -0.25) is 0 Å². The summed E-state index contributed by atoms with van der Waals surface area (Å²) in [5.41, 5.74) is 0.236. The van der Waals surface area contributed by atoms with Crippen molar-refractivity contribution in [3.05, 3.63) is 48.0 Å². The minimum atomic E-state index is -1.17. The number of alkyl carbamates (subject to hydrolysis) is 1. The van der Waals surface area contributed by atoms with Gasteiger partial charge in [-0.25, -0.2) is 9.59 Å². The van der Waals surface area contributed by atoms with Crippen LogP contribution in [-0.2, 0) is 16.0 Å². The number of carboxylic acid groups (broad SMARTS) is 1. The Hall–Kier alpha value is -2.34. The minimum Gasteiger partial charge on any atom is -0.478 e. The molecule has 3 N–H and O–H groups in total. The average Bonchev–Trinajstić information content (AvgIpc) is 2.43. The van der Waals surface area contributed by atoms with E-state index in [0.717, 1.165) is 17.7 Å². The molecule has 1 aromatic rings. The van der Waals surface area contributed by atoms with Gasteiger partial charge in [0.2, 0.25) is 0 Å². The summed E-state index contributed by atoms with van der Waals surface area (Å²) in [5.74, 6) is -1.17. The van der Waals surface area contributed by atoms with E-state index in [1.165, 1.54) is 0 Å². The third kappa shape index (κ3) is 8.01. The van der Waals surface area contributed by atoms with Crippen molar-refractivity contribution >= 4 is 12.1 Å². The van der Waals surface area contributed by atoms with Crippen LogP contribution in [0.5, 0.6) is 0 Å². The molecule has 0 aliphatic carbocycles. The van der Waals surface area contributed by atoms with Crippen LogP contribution >= 0.6 is 0 Å². The third-order valence-corrected chi connectivity index (χ3v) is 2.85. The number of benzene rings is 1. The van der Waals surface area contributed by atoms with Crippen molar-refractivity contribution in [2.24, 2.45) is 0 Å². The molecule has 6 nitrogen and oxygen atoms in total. The Bertz CT molecular complexity index is 548. The highest BCUT2D eigenvalue weighted by molar-refractivity contribution is 5.79. The lowest BCUT2D eigenvalue weighted by Gasteiger charge is -2.25. The van der Waals surface area contributed by atoms with Crippen LogP contribution in [-0.4, -0.2) is 40.0 Å². The first kappa shape index (κ1) is 18.7. The first-order chi connectivity index (χ1) is 10.7. The number of aliphatic hydroxyl groups is 1. The van der Waals surface area contributed by atoms with E-state index in [1.54, 1.807) is 20.8 Å². The molecular weight excluding hydrogens is 298 g/mol. The molecule has 2 unspecified atom stereocenters. The van der Waals surface area contributed by atoms with Crippen molar-refractivity contribution in [3.63, 3.8) is 0 Å². The summed E-state index contributed by atoms with van der Waals surface area (Å²) in [6, 6.07) is 8.57. The number of nitrogens with one attached hydrogen (secondary N) is 1. The van der Waals surface area contributed by atoms with Gasteiger partial charge in [-0.2, -0.15) is 0 Å². The van der Waals surface area contributed by atoms with E-state index < -0.39 is 29.8 Å². The molecule has 0 fully saturated rings. The standard InChI is InChI=1S/C17H23NO5/c1-17(2,3)23-16(22)18-13(14(19)9-10-15(20)21)11-12-7-5-4-6-8-12/h4-10,13-14,19H,11H2,1-3H3,(H,18,22)(H,20,21)/b10-9+. The number of aliphatic carboxylic acids is 1. The van der Waals surface area contributed by atoms with Crippen LogP contribution < -0.4 is 5.32 Å². The second kappa shape index (κ2) is 8.33. The molecule has 6 heteroatoms. The number of carboxylic acids is 1. The van der Waals surface area contributed by atoms with Gasteiger partial charge < -0.3 is 20.3 Å². The molecule has 0 aliphatic rings. The molecular formula is C17H23NO5. The van der Waals surface area contributed by atoms with Gasteiger partial charge in [0, 0.05) is 6.08 Å². The van der Waals surface area contributed by atoms with Crippen molar-refractivity contribution in [2.75, 3.05) is 0 Å². The molecule has 0 spiro atoms.